The van der Waals surface area contributed by atoms with Gasteiger partial charge in [-0.05, 0) is 29.7 Å². The molecule has 1 aromatic heterocycles. The van der Waals surface area contributed by atoms with Gasteiger partial charge in [-0.15, -0.1) is 0 Å². The summed E-state index contributed by atoms with van der Waals surface area (Å²) in [4.78, 5) is 8.72. The number of benzene rings is 1. The molecule has 2 aromatic rings. The lowest BCUT2D eigenvalue weighted by molar-refractivity contribution is 0.597. The maximum Gasteiger partial charge on any atom is 0.149 e. The molecule has 0 radical (unpaired) electrons. The van der Waals surface area contributed by atoms with Gasteiger partial charge >= 0.3 is 0 Å². The predicted octanol–water partition coefficient (Wildman–Crippen LogP) is 3.30. The molecule has 0 fully saturated rings. The fraction of sp³-hybridized carbons (Fsp3) is 0.375. The fourth-order valence-corrected chi connectivity index (χ4v) is 2.10. The quantitative estimate of drug-likeness (QED) is 0.890. The molecular weight excluding hydrogens is 234 g/mol. The Bertz CT molecular complexity index is 491. The van der Waals surface area contributed by atoms with E-state index in [1.807, 2.05) is 6.07 Å². The molecule has 0 saturated carbocycles. The molecule has 0 aliphatic heterocycles. The minimum absolute atomic E-state index is 0.0624. The molecule has 0 aliphatic rings. The van der Waals surface area contributed by atoms with Crippen LogP contribution in [0.1, 0.15) is 49.7 Å². The zero-order valence-electron chi connectivity index (χ0n) is 11.8. The summed E-state index contributed by atoms with van der Waals surface area (Å²) in [5.74, 6) is 1.38. The number of aromatic nitrogens is 2. The highest BCUT2D eigenvalue weighted by Crippen LogP contribution is 2.21. The molecule has 1 atom stereocenters. The van der Waals surface area contributed by atoms with Crippen LogP contribution in [0.5, 0.6) is 0 Å². The van der Waals surface area contributed by atoms with Crippen molar-refractivity contribution in [2.75, 3.05) is 6.54 Å². The van der Waals surface area contributed by atoms with Gasteiger partial charge in [0.05, 0.1) is 6.04 Å². The molecular formula is C16H21N3. The Labute approximate surface area is 115 Å². The van der Waals surface area contributed by atoms with Crippen molar-refractivity contribution in [1.82, 2.24) is 15.3 Å². The molecule has 0 aliphatic carbocycles. The molecule has 0 bridgehead atoms. The van der Waals surface area contributed by atoms with Crippen molar-refractivity contribution in [2.45, 2.75) is 32.7 Å². The van der Waals surface area contributed by atoms with Crippen LogP contribution in [-0.4, -0.2) is 16.5 Å². The Kier molecular flexibility index (Phi) is 4.63. The van der Waals surface area contributed by atoms with E-state index in [1.165, 1.54) is 11.1 Å². The summed E-state index contributed by atoms with van der Waals surface area (Å²) in [5.41, 5.74) is 2.56. The van der Waals surface area contributed by atoms with E-state index in [9.17, 15) is 0 Å². The lowest BCUT2D eigenvalue weighted by atomic mass is 9.98. The van der Waals surface area contributed by atoms with E-state index in [0.29, 0.717) is 5.92 Å². The first-order chi connectivity index (χ1) is 9.22. The molecule has 1 aromatic carbocycles. The zero-order valence-corrected chi connectivity index (χ0v) is 11.8. The van der Waals surface area contributed by atoms with Crippen molar-refractivity contribution in [3.63, 3.8) is 0 Å². The Morgan fingerprint density at radius 2 is 1.58 bits per heavy atom. The normalized spacial score (nSPS) is 12.6. The van der Waals surface area contributed by atoms with Crippen LogP contribution in [0, 0.1) is 0 Å². The van der Waals surface area contributed by atoms with Crippen LogP contribution in [0.15, 0.2) is 42.7 Å². The predicted molar refractivity (Wildman–Crippen MR) is 78.1 cm³/mol. The van der Waals surface area contributed by atoms with Gasteiger partial charge in [-0.3, -0.25) is 0 Å². The molecule has 19 heavy (non-hydrogen) atoms. The standard InChI is InChI=1S/C16H21N3/c1-4-17-15(16-18-10-5-11-19-16)14-8-6-13(7-9-14)12(2)3/h5-12,15,17H,4H2,1-3H3. The van der Waals surface area contributed by atoms with E-state index >= 15 is 0 Å². The van der Waals surface area contributed by atoms with Crippen molar-refractivity contribution in [1.29, 1.82) is 0 Å². The van der Waals surface area contributed by atoms with E-state index < -0.39 is 0 Å². The molecule has 0 spiro atoms. The van der Waals surface area contributed by atoms with E-state index in [-0.39, 0.29) is 6.04 Å². The van der Waals surface area contributed by atoms with Gasteiger partial charge < -0.3 is 5.32 Å². The minimum Gasteiger partial charge on any atom is -0.304 e. The second-order valence-corrected chi connectivity index (χ2v) is 4.92. The van der Waals surface area contributed by atoms with Crippen molar-refractivity contribution in [3.05, 3.63) is 59.7 Å². The molecule has 100 valence electrons. The van der Waals surface area contributed by atoms with Gasteiger partial charge in [0.25, 0.3) is 0 Å². The fourth-order valence-electron chi connectivity index (χ4n) is 2.10. The van der Waals surface area contributed by atoms with Gasteiger partial charge in [-0.1, -0.05) is 45.0 Å². The maximum absolute atomic E-state index is 4.36. The van der Waals surface area contributed by atoms with Crippen molar-refractivity contribution in [2.24, 2.45) is 0 Å². The Morgan fingerprint density at radius 1 is 1.00 bits per heavy atom. The van der Waals surface area contributed by atoms with Crippen LogP contribution in [-0.2, 0) is 0 Å². The van der Waals surface area contributed by atoms with Crippen LogP contribution >= 0.6 is 0 Å². The number of nitrogens with one attached hydrogen (secondary N) is 1. The van der Waals surface area contributed by atoms with E-state index in [4.69, 9.17) is 0 Å². The SMILES string of the molecule is CCNC(c1ccc(C(C)C)cc1)c1ncccn1. The summed E-state index contributed by atoms with van der Waals surface area (Å²) in [6, 6.07) is 10.6. The van der Waals surface area contributed by atoms with E-state index in [1.54, 1.807) is 12.4 Å². The van der Waals surface area contributed by atoms with Gasteiger partial charge in [0.15, 0.2) is 0 Å². The summed E-state index contributed by atoms with van der Waals surface area (Å²) in [7, 11) is 0. The van der Waals surface area contributed by atoms with Crippen LogP contribution in [0.2, 0.25) is 0 Å². The highest BCUT2D eigenvalue weighted by Gasteiger charge is 2.15. The Hall–Kier alpha value is -1.74. The van der Waals surface area contributed by atoms with E-state index in [2.05, 4.69) is 60.3 Å². The first-order valence-electron chi connectivity index (χ1n) is 6.82. The van der Waals surface area contributed by atoms with Crippen molar-refractivity contribution < 1.29 is 0 Å². The third-order valence-corrected chi connectivity index (χ3v) is 3.19. The van der Waals surface area contributed by atoms with Gasteiger partial charge in [0.2, 0.25) is 0 Å². The Balaban J connectivity index is 2.29. The molecule has 1 unspecified atom stereocenters. The second-order valence-electron chi connectivity index (χ2n) is 4.92. The third-order valence-electron chi connectivity index (χ3n) is 3.19. The third kappa shape index (κ3) is 3.38. The molecule has 1 N–H and O–H groups in total. The largest absolute Gasteiger partial charge is 0.304 e. The minimum atomic E-state index is 0.0624. The average Bonchev–Trinajstić information content (AvgIpc) is 2.46. The summed E-state index contributed by atoms with van der Waals surface area (Å²) in [6.45, 7) is 7.39. The highest BCUT2D eigenvalue weighted by atomic mass is 15.0. The monoisotopic (exact) mass is 255 g/mol. The van der Waals surface area contributed by atoms with Gasteiger partial charge in [0, 0.05) is 12.4 Å². The number of hydrogen-bond donors (Lipinski definition) is 1. The molecule has 1 heterocycles. The molecule has 2 rings (SSSR count). The van der Waals surface area contributed by atoms with Crippen LogP contribution in [0.4, 0.5) is 0 Å². The Morgan fingerprint density at radius 3 is 2.11 bits per heavy atom. The molecule has 0 amide bonds. The summed E-state index contributed by atoms with van der Waals surface area (Å²) < 4.78 is 0. The maximum atomic E-state index is 4.36. The van der Waals surface area contributed by atoms with Gasteiger partial charge in [0.1, 0.15) is 5.82 Å². The van der Waals surface area contributed by atoms with Crippen molar-refractivity contribution in [3.8, 4) is 0 Å². The number of rotatable bonds is 5. The zero-order chi connectivity index (χ0) is 13.7. The first-order valence-corrected chi connectivity index (χ1v) is 6.82. The second kappa shape index (κ2) is 6.43. The number of hydrogen-bond acceptors (Lipinski definition) is 3. The van der Waals surface area contributed by atoms with E-state index in [0.717, 1.165) is 12.4 Å². The van der Waals surface area contributed by atoms with Gasteiger partial charge in [-0.25, -0.2) is 9.97 Å². The van der Waals surface area contributed by atoms with Crippen LogP contribution in [0.3, 0.4) is 0 Å². The lowest BCUT2D eigenvalue weighted by Crippen LogP contribution is -2.23. The smallest absolute Gasteiger partial charge is 0.149 e. The first kappa shape index (κ1) is 13.7. The summed E-state index contributed by atoms with van der Waals surface area (Å²) >= 11 is 0. The van der Waals surface area contributed by atoms with Crippen molar-refractivity contribution >= 4 is 0 Å². The average molecular weight is 255 g/mol. The highest BCUT2D eigenvalue weighted by molar-refractivity contribution is 5.30. The van der Waals surface area contributed by atoms with Crippen LogP contribution in [0.25, 0.3) is 0 Å². The molecule has 0 saturated heterocycles. The van der Waals surface area contributed by atoms with Crippen LogP contribution < -0.4 is 5.32 Å². The van der Waals surface area contributed by atoms with Gasteiger partial charge in [-0.2, -0.15) is 0 Å². The molecule has 3 nitrogen and oxygen atoms in total. The topological polar surface area (TPSA) is 37.8 Å². The molecule has 3 heteroatoms. The number of nitrogens with zero attached hydrogens (tertiary/aromatic N) is 2. The summed E-state index contributed by atoms with van der Waals surface area (Å²) in [6.07, 6.45) is 3.57. The summed E-state index contributed by atoms with van der Waals surface area (Å²) in [5, 5.41) is 3.44. The lowest BCUT2D eigenvalue weighted by Gasteiger charge is -2.17.